The largest absolute Gasteiger partial charge is 0.481 e. The molecule has 2 rings (SSSR count). The predicted octanol–water partition coefficient (Wildman–Crippen LogP) is 2.36. The summed E-state index contributed by atoms with van der Waals surface area (Å²) in [5.74, 6) is -2.57. The number of carbonyl (C=O) groups is 2. The first kappa shape index (κ1) is 11.8. The van der Waals surface area contributed by atoms with Gasteiger partial charge >= 0.3 is 5.97 Å². The molecule has 0 amide bonds. The predicted molar refractivity (Wildman–Crippen MR) is 59.1 cm³/mol. The third kappa shape index (κ3) is 2.35. The number of carbonyl (C=O) groups excluding carboxylic acids is 1. The zero-order valence-corrected chi connectivity index (χ0v) is 9.23. The van der Waals surface area contributed by atoms with E-state index in [9.17, 15) is 14.0 Å². The maximum atomic E-state index is 13.6. The second-order valence-electron chi connectivity index (χ2n) is 4.35. The fourth-order valence-electron chi connectivity index (χ4n) is 2.41. The van der Waals surface area contributed by atoms with Gasteiger partial charge in [-0.05, 0) is 18.1 Å². The van der Waals surface area contributed by atoms with Crippen molar-refractivity contribution in [2.45, 2.75) is 25.2 Å². The number of hydrogen-bond donors (Lipinski definition) is 1. The van der Waals surface area contributed by atoms with Crippen LogP contribution in [-0.4, -0.2) is 16.9 Å². The first-order valence-electron chi connectivity index (χ1n) is 5.58. The number of aliphatic carboxylic acids is 1. The van der Waals surface area contributed by atoms with E-state index in [2.05, 4.69) is 0 Å². The average molecular weight is 236 g/mol. The molecule has 0 spiro atoms. The molecule has 1 aromatic rings. The first-order chi connectivity index (χ1) is 8.09. The Hall–Kier alpha value is -1.71. The lowest BCUT2D eigenvalue weighted by atomic mass is 9.75. The molecule has 1 aromatic carbocycles. The van der Waals surface area contributed by atoms with Gasteiger partial charge in [-0.15, -0.1) is 0 Å². The van der Waals surface area contributed by atoms with Crippen LogP contribution in [0.25, 0.3) is 0 Å². The molecule has 0 bridgehead atoms. The fraction of sp³-hybridized carbons (Fsp3) is 0.385. The van der Waals surface area contributed by atoms with Gasteiger partial charge in [-0.1, -0.05) is 18.2 Å². The minimum Gasteiger partial charge on any atom is -0.481 e. The second kappa shape index (κ2) is 4.65. The van der Waals surface area contributed by atoms with Crippen molar-refractivity contribution in [3.63, 3.8) is 0 Å². The summed E-state index contributed by atoms with van der Waals surface area (Å²) < 4.78 is 13.6. The number of carboxylic acids is 1. The van der Waals surface area contributed by atoms with Crippen molar-refractivity contribution in [3.05, 3.63) is 35.6 Å². The lowest BCUT2D eigenvalue weighted by molar-refractivity contribution is -0.144. The summed E-state index contributed by atoms with van der Waals surface area (Å²) in [7, 11) is 0. The molecule has 1 fully saturated rings. The Morgan fingerprint density at radius 3 is 2.71 bits per heavy atom. The molecule has 2 unspecified atom stereocenters. The smallest absolute Gasteiger partial charge is 0.307 e. The summed E-state index contributed by atoms with van der Waals surface area (Å²) in [5, 5.41) is 9.11. The number of hydrogen-bond acceptors (Lipinski definition) is 2. The molecule has 0 radical (unpaired) electrons. The van der Waals surface area contributed by atoms with Crippen molar-refractivity contribution in [2.24, 2.45) is 5.92 Å². The molecule has 0 aliphatic heterocycles. The number of Topliss-reactive ketones (excluding diaryl/α,β-unsaturated/α-hetero) is 1. The van der Waals surface area contributed by atoms with Crippen LogP contribution in [0.2, 0.25) is 0 Å². The molecule has 0 heterocycles. The zero-order valence-electron chi connectivity index (χ0n) is 9.23. The van der Waals surface area contributed by atoms with Crippen LogP contribution in [0.5, 0.6) is 0 Å². The maximum Gasteiger partial charge on any atom is 0.307 e. The van der Waals surface area contributed by atoms with Gasteiger partial charge < -0.3 is 5.11 Å². The van der Waals surface area contributed by atoms with Crippen LogP contribution in [0, 0.1) is 11.7 Å². The molecule has 17 heavy (non-hydrogen) atoms. The highest BCUT2D eigenvalue weighted by molar-refractivity contribution is 5.83. The minimum atomic E-state index is -0.953. The van der Waals surface area contributed by atoms with Crippen molar-refractivity contribution < 1.29 is 19.1 Å². The normalized spacial score (nSPS) is 24.6. The maximum absolute atomic E-state index is 13.6. The number of rotatable bonds is 2. The summed E-state index contributed by atoms with van der Waals surface area (Å²) >= 11 is 0. The van der Waals surface area contributed by atoms with E-state index in [1.165, 1.54) is 6.07 Å². The summed E-state index contributed by atoms with van der Waals surface area (Å²) in [6.45, 7) is 0. The molecule has 90 valence electrons. The Balaban J connectivity index is 2.35. The van der Waals surface area contributed by atoms with Crippen molar-refractivity contribution >= 4 is 11.8 Å². The minimum absolute atomic E-state index is 0.00996. The molecule has 1 aliphatic rings. The average Bonchev–Trinajstić information content (AvgIpc) is 2.29. The van der Waals surface area contributed by atoms with Crippen molar-refractivity contribution in [2.75, 3.05) is 0 Å². The van der Waals surface area contributed by atoms with E-state index in [1.54, 1.807) is 18.2 Å². The highest BCUT2D eigenvalue weighted by Gasteiger charge is 2.36. The monoisotopic (exact) mass is 236 g/mol. The van der Waals surface area contributed by atoms with Crippen LogP contribution < -0.4 is 0 Å². The SMILES string of the molecule is O=C1CCC(C(=O)O)C(c2ccccc2F)C1. The van der Waals surface area contributed by atoms with Crippen LogP contribution in [-0.2, 0) is 9.59 Å². The van der Waals surface area contributed by atoms with Gasteiger partial charge in [-0.3, -0.25) is 9.59 Å². The Kier molecular flexibility index (Phi) is 3.22. The quantitative estimate of drug-likeness (QED) is 0.857. The number of halogens is 1. The molecule has 2 atom stereocenters. The summed E-state index contributed by atoms with van der Waals surface area (Å²) in [4.78, 5) is 22.5. The van der Waals surface area contributed by atoms with E-state index in [-0.39, 0.29) is 18.6 Å². The van der Waals surface area contributed by atoms with Gasteiger partial charge in [0.2, 0.25) is 0 Å². The molecule has 0 saturated heterocycles. The van der Waals surface area contributed by atoms with E-state index in [0.717, 1.165) is 0 Å². The Labute approximate surface area is 98.3 Å². The van der Waals surface area contributed by atoms with E-state index >= 15 is 0 Å². The zero-order chi connectivity index (χ0) is 12.4. The van der Waals surface area contributed by atoms with E-state index in [1.807, 2.05) is 0 Å². The number of benzene rings is 1. The van der Waals surface area contributed by atoms with Crippen LogP contribution in [0.4, 0.5) is 4.39 Å². The van der Waals surface area contributed by atoms with Crippen LogP contribution in [0.3, 0.4) is 0 Å². The van der Waals surface area contributed by atoms with Gasteiger partial charge in [0.1, 0.15) is 11.6 Å². The Morgan fingerprint density at radius 2 is 2.06 bits per heavy atom. The van der Waals surface area contributed by atoms with Gasteiger partial charge in [0.25, 0.3) is 0 Å². The van der Waals surface area contributed by atoms with Gasteiger partial charge in [0.05, 0.1) is 5.92 Å². The molecule has 4 heteroatoms. The Morgan fingerprint density at radius 1 is 1.35 bits per heavy atom. The van der Waals surface area contributed by atoms with E-state index < -0.39 is 23.6 Å². The highest BCUT2D eigenvalue weighted by atomic mass is 19.1. The Bertz CT molecular complexity index is 456. The van der Waals surface area contributed by atoms with E-state index in [0.29, 0.717) is 12.0 Å². The lowest BCUT2D eigenvalue weighted by Crippen LogP contribution is -2.29. The summed E-state index contributed by atoms with van der Waals surface area (Å²) in [6, 6.07) is 6.08. The van der Waals surface area contributed by atoms with Crippen LogP contribution in [0.15, 0.2) is 24.3 Å². The highest BCUT2D eigenvalue weighted by Crippen LogP contribution is 2.37. The summed E-state index contributed by atoms with van der Waals surface area (Å²) in [5.41, 5.74) is 0.341. The van der Waals surface area contributed by atoms with Gasteiger partial charge in [-0.2, -0.15) is 0 Å². The topological polar surface area (TPSA) is 54.4 Å². The molecule has 1 aliphatic carbocycles. The van der Waals surface area contributed by atoms with Gasteiger partial charge in [0.15, 0.2) is 0 Å². The molecular weight excluding hydrogens is 223 g/mol. The second-order valence-corrected chi connectivity index (χ2v) is 4.35. The lowest BCUT2D eigenvalue weighted by Gasteiger charge is -2.28. The fourth-order valence-corrected chi connectivity index (χ4v) is 2.41. The number of carboxylic acid groups (broad SMARTS) is 1. The molecule has 1 saturated carbocycles. The number of ketones is 1. The van der Waals surface area contributed by atoms with E-state index in [4.69, 9.17) is 5.11 Å². The third-order valence-corrected chi connectivity index (χ3v) is 3.29. The summed E-state index contributed by atoms with van der Waals surface area (Å²) in [6.07, 6.45) is 0.701. The molecular formula is C13H13FO3. The molecule has 0 aromatic heterocycles. The molecule has 3 nitrogen and oxygen atoms in total. The van der Waals surface area contributed by atoms with Gasteiger partial charge in [-0.25, -0.2) is 4.39 Å². The van der Waals surface area contributed by atoms with Crippen molar-refractivity contribution in [1.82, 2.24) is 0 Å². The third-order valence-electron chi connectivity index (χ3n) is 3.29. The molecule has 1 N–H and O–H groups in total. The van der Waals surface area contributed by atoms with Crippen molar-refractivity contribution in [1.29, 1.82) is 0 Å². The standard InChI is InChI=1S/C13H13FO3/c14-12-4-2-1-3-9(12)11-7-8(15)5-6-10(11)13(16)17/h1-4,10-11H,5-7H2,(H,16,17). The van der Waals surface area contributed by atoms with Crippen LogP contribution >= 0.6 is 0 Å². The van der Waals surface area contributed by atoms with Crippen molar-refractivity contribution in [3.8, 4) is 0 Å². The van der Waals surface area contributed by atoms with Crippen LogP contribution in [0.1, 0.15) is 30.7 Å². The van der Waals surface area contributed by atoms with Gasteiger partial charge in [0, 0.05) is 18.8 Å². The first-order valence-corrected chi connectivity index (χ1v) is 5.58.